The van der Waals surface area contributed by atoms with Crippen LogP contribution in [0.3, 0.4) is 0 Å². The Bertz CT molecular complexity index is 1200. The maximum atomic E-state index is 6.64. The minimum Gasteiger partial charge on any atom is -0.398 e. The number of nitrogens with two attached hydrogens (primary N) is 1. The predicted molar refractivity (Wildman–Crippen MR) is 133 cm³/mol. The van der Waals surface area contributed by atoms with Crippen LogP contribution in [-0.4, -0.2) is 0 Å². The van der Waals surface area contributed by atoms with Crippen molar-refractivity contribution in [3.8, 4) is 0 Å². The van der Waals surface area contributed by atoms with Crippen LogP contribution in [0, 0.1) is 0 Å². The molecule has 4 aromatic rings. The van der Waals surface area contributed by atoms with Gasteiger partial charge in [0.1, 0.15) is 0 Å². The van der Waals surface area contributed by atoms with E-state index >= 15 is 0 Å². The summed E-state index contributed by atoms with van der Waals surface area (Å²) in [6.45, 7) is 0. The monoisotopic (exact) mass is 419 g/mol. The van der Waals surface area contributed by atoms with Gasteiger partial charge in [-0.3, -0.25) is 0 Å². The first-order valence-corrected chi connectivity index (χ1v) is 12.5. The molecule has 0 heterocycles. The van der Waals surface area contributed by atoms with Gasteiger partial charge in [0.15, 0.2) is 0 Å². The van der Waals surface area contributed by atoms with E-state index in [0.717, 1.165) is 18.5 Å². The molecular weight excluding hydrogens is 393 g/mol. The van der Waals surface area contributed by atoms with E-state index in [1.165, 1.54) is 45.4 Å². The van der Waals surface area contributed by atoms with E-state index in [0.29, 0.717) is 0 Å². The molecule has 2 heteroatoms. The summed E-state index contributed by atoms with van der Waals surface area (Å²) in [6.07, 6.45) is 4.62. The fourth-order valence-electron chi connectivity index (χ4n) is 5.97. The van der Waals surface area contributed by atoms with Crippen LogP contribution in [0.15, 0.2) is 97.1 Å². The topological polar surface area (TPSA) is 26.0 Å². The molecule has 0 fully saturated rings. The first-order chi connectivity index (χ1) is 15.3. The molecule has 1 atom stereocenters. The molecule has 6 rings (SSSR count). The Labute approximate surface area is 185 Å². The second-order valence-electron chi connectivity index (χ2n) is 8.78. The molecule has 0 saturated heterocycles. The molecule has 2 aliphatic rings. The van der Waals surface area contributed by atoms with Crippen LogP contribution < -0.4 is 21.6 Å². The summed E-state index contributed by atoms with van der Waals surface area (Å²) in [5.74, 6) is 0. The summed E-state index contributed by atoms with van der Waals surface area (Å²) < 4.78 is 0. The first-order valence-electron chi connectivity index (χ1n) is 11.2. The lowest BCUT2D eigenvalue weighted by Crippen LogP contribution is -2.32. The molecule has 1 nitrogen and oxygen atoms in total. The molecule has 1 spiro atoms. The SMILES string of the molecule is Nc1cccc2c1C1(CC2)CCc2cccc(P(c3ccccc3)c3ccccc3)c21. The number of hydrogen-bond acceptors (Lipinski definition) is 1. The standard InChI is InChI=1S/C29H26NP/c30-25-15-7-9-21-17-19-29(27(21)25)20-18-22-10-8-16-26(28(22)29)31(23-11-3-1-4-12-23)24-13-5-2-6-14-24/h1-16H,17-20,30H2. The van der Waals surface area contributed by atoms with Crippen LogP contribution in [0.1, 0.15) is 35.1 Å². The predicted octanol–water partition coefficient (Wildman–Crippen LogP) is 5.21. The summed E-state index contributed by atoms with van der Waals surface area (Å²) in [6, 6.07) is 35.7. The molecule has 0 amide bonds. The van der Waals surface area contributed by atoms with Crippen molar-refractivity contribution in [3.63, 3.8) is 0 Å². The molecule has 2 aliphatic carbocycles. The zero-order valence-corrected chi connectivity index (χ0v) is 18.5. The van der Waals surface area contributed by atoms with Gasteiger partial charge in [-0.05, 0) is 77.8 Å². The van der Waals surface area contributed by atoms with Gasteiger partial charge in [-0.1, -0.05) is 91.0 Å². The normalized spacial score (nSPS) is 19.0. The van der Waals surface area contributed by atoms with Crippen LogP contribution in [0.2, 0.25) is 0 Å². The fourth-order valence-corrected chi connectivity index (χ4v) is 8.58. The average molecular weight is 420 g/mol. The van der Waals surface area contributed by atoms with Crippen molar-refractivity contribution in [2.75, 3.05) is 5.73 Å². The highest BCUT2D eigenvalue weighted by Gasteiger charge is 2.47. The van der Waals surface area contributed by atoms with Crippen molar-refractivity contribution in [1.29, 1.82) is 0 Å². The summed E-state index contributed by atoms with van der Waals surface area (Å²) in [5, 5.41) is 4.34. The fraction of sp³-hybridized carbons (Fsp3) is 0.172. The minimum absolute atomic E-state index is 0.0662. The van der Waals surface area contributed by atoms with E-state index in [-0.39, 0.29) is 5.41 Å². The largest absolute Gasteiger partial charge is 0.398 e. The van der Waals surface area contributed by atoms with Crippen molar-refractivity contribution >= 4 is 29.5 Å². The number of nitrogen functional groups attached to an aromatic ring is 1. The van der Waals surface area contributed by atoms with E-state index in [1.54, 1.807) is 5.56 Å². The van der Waals surface area contributed by atoms with Gasteiger partial charge in [-0.2, -0.15) is 0 Å². The Balaban J connectivity index is 1.62. The molecule has 0 aromatic heterocycles. The third kappa shape index (κ3) is 2.87. The van der Waals surface area contributed by atoms with Gasteiger partial charge in [0.25, 0.3) is 0 Å². The van der Waals surface area contributed by atoms with Crippen molar-refractivity contribution in [3.05, 3.63) is 119 Å². The Morgan fingerprint density at radius 2 is 1.13 bits per heavy atom. The van der Waals surface area contributed by atoms with Crippen LogP contribution in [0.4, 0.5) is 5.69 Å². The van der Waals surface area contributed by atoms with Crippen molar-refractivity contribution in [2.45, 2.75) is 31.1 Å². The van der Waals surface area contributed by atoms with Crippen LogP contribution in [-0.2, 0) is 18.3 Å². The number of anilines is 1. The Kier molecular flexibility index (Phi) is 4.47. The number of rotatable bonds is 3. The second-order valence-corrected chi connectivity index (χ2v) is 11.0. The van der Waals surface area contributed by atoms with Gasteiger partial charge in [0.05, 0.1) is 0 Å². The highest BCUT2D eigenvalue weighted by molar-refractivity contribution is 7.79. The number of aryl methyl sites for hydroxylation is 2. The van der Waals surface area contributed by atoms with Gasteiger partial charge in [-0.15, -0.1) is 0 Å². The van der Waals surface area contributed by atoms with Crippen LogP contribution >= 0.6 is 7.92 Å². The molecule has 0 aliphatic heterocycles. The third-order valence-electron chi connectivity index (χ3n) is 7.18. The van der Waals surface area contributed by atoms with E-state index in [1.807, 2.05) is 0 Å². The molecule has 4 aromatic carbocycles. The first kappa shape index (κ1) is 18.8. The quantitative estimate of drug-likeness (QED) is 0.358. The van der Waals surface area contributed by atoms with E-state index in [9.17, 15) is 0 Å². The third-order valence-corrected chi connectivity index (χ3v) is 9.66. The summed E-state index contributed by atoms with van der Waals surface area (Å²) in [5.41, 5.74) is 13.6. The molecule has 0 radical (unpaired) electrons. The van der Waals surface area contributed by atoms with Crippen molar-refractivity contribution in [2.24, 2.45) is 0 Å². The number of fused-ring (bicyclic) bond motifs is 4. The van der Waals surface area contributed by atoms with E-state index in [2.05, 4.69) is 97.1 Å². The lowest BCUT2D eigenvalue weighted by atomic mass is 9.76. The van der Waals surface area contributed by atoms with Crippen molar-refractivity contribution in [1.82, 2.24) is 0 Å². The molecule has 152 valence electrons. The molecule has 31 heavy (non-hydrogen) atoms. The number of hydrogen-bond donors (Lipinski definition) is 1. The number of benzene rings is 4. The van der Waals surface area contributed by atoms with Gasteiger partial charge >= 0.3 is 0 Å². The lowest BCUT2D eigenvalue weighted by molar-refractivity contribution is 0.511. The molecule has 0 bridgehead atoms. The highest BCUT2D eigenvalue weighted by atomic mass is 31.1. The Hall–Kier alpha value is -2.89. The van der Waals surface area contributed by atoms with Crippen molar-refractivity contribution < 1.29 is 0 Å². The molecule has 0 saturated carbocycles. The zero-order chi connectivity index (χ0) is 20.8. The van der Waals surface area contributed by atoms with E-state index < -0.39 is 7.92 Å². The highest BCUT2D eigenvalue weighted by Crippen LogP contribution is 2.55. The van der Waals surface area contributed by atoms with Crippen LogP contribution in [0.5, 0.6) is 0 Å². The molecular formula is C29H26NP. The maximum absolute atomic E-state index is 6.64. The van der Waals surface area contributed by atoms with Gasteiger partial charge in [-0.25, -0.2) is 0 Å². The summed E-state index contributed by atoms with van der Waals surface area (Å²) in [4.78, 5) is 0. The van der Waals surface area contributed by atoms with Crippen LogP contribution in [0.25, 0.3) is 0 Å². The summed E-state index contributed by atoms with van der Waals surface area (Å²) >= 11 is 0. The average Bonchev–Trinajstić information content (AvgIpc) is 3.39. The van der Waals surface area contributed by atoms with E-state index in [4.69, 9.17) is 5.73 Å². The van der Waals surface area contributed by atoms with Gasteiger partial charge < -0.3 is 5.73 Å². The van der Waals surface area contributed by atoms with Gasteiger partial charge in [0, 0.05) is 11.1 Å². The van der Waals surface area contributed by atoms with Gasteiger partial charge in [0.2, 0.25) is 0 Å². The lowest BCUT2D eigenvalue weighted by Gasteiger charge is -2.32. The zero-order valence-electron chi connectivity index (χ0n) is 17.6. The molecule has 1 unspecified atom stereocenters. The Morgan fingerprint density at radius 1 is 0.581 bits per heavy atom. The Morgan fingerprint density at radius 3 is 1.74 bits per heavy atom. The molecule has 2 N–H and O–H groups in total. The minimum atomic E-state index is -0.631. The second kappa shape index (κ2) is 7.36. The summed E-state index contributed by atoms with van der Waals surface area (Å²) in [7, 11) is -0.631. The smallest absolute Gasteiger partial charge is 0.0358 e. The maximum Gasteiger partial charge on any atom is 0.0358 e.